The fourth-order valence-corrected chi connectivity index (χ4v) is 2.54. The van der Waals surface area contributed by atoms with Gasteiger partial charge in [-0.1, -0.05) is 12.2 Å². The van der Waals surface area contributed by atoms with Crippen molar-refractivity contribution in [2.24, 2.45) is 12.8 Å². The zero-order chi connectivity index (χ0) is 14.8. The zero-order valence-corrected chi connectivity index (χ0v) is 12.3. The highest BCUT2D eigenvalue weighted by atomic mass is 32.2. The van der Waals surface area contributed by atoms with Gasteiger partial charge in [0.25, 0.3) is 0 Å². The Kier molecular flexibility index (Phi) is 4.12. The van der Waals surface area contributed by atoms with E-state index in [4.69, 9.17) is 18.0 Å². The minimum absolute atomic E-state index is 0.0479. The monoisotopic (exact) mass is 311 g/mol. The summed E-state index contributed by atoms with van der Waals surface area (Å²) in [6.45, 7) is 0.100. The van der Waals surface area contributed by atoms with Crippen LogP contribution in [0.4, 0.5) is 0 Å². The molecule has 0 aliphatic rings. The summed E-state index contributed by atoms with van der Waals surface area (Å²) in [7, 11) is -1.86. The minimum Gasteiger partial charge on any atom is -0.388 e. The molecule has 0 fully saturated rings. The molecule has 0 amide bonds. The van der Waals surface area contributed by atoms with Crippen molar-refractivity contribution in [3.63, 3.8) is 0 Å². The van der Waals surface area contributed by atoms with E-state index in [2.05, 4.69) is 14.7 Å². The van der Waals surface area contributed by atoms with Crippen LogP contribution in [0, 0.1) is 0 Å². The molecule has 0 aliphatic heterocycles. The Labute approximate surface area is 121 Å². The summed E-state index contributed by atoms with van der Waals surface area (Å²) in [5, 5.41) is 0. The molecule has 2 rings (SSSR count). The van der Waals surface area contributed by atoms with E-state index in [1.54, 1.807) is 24.0 Å². The molecule has 2 aromatic rings. The van der Waals surface area contributed by atoms with E-state index < -0.39 is 10.0 Å². The van der Waals surface area contributed by atoms with Crippen molar-refractivity contribution in [3.05, 3.63) is 42.2 Å². The molecular weight excluding hydrogens is 298 g/mol. The van der Waals surface area contributed by atoms with Crippen LogP contribution in [0.3, 0.4) is 0 Å². The fourth-order valence-electron chi connectivity index (χ4n) is 1.49. The average Bonchev–Trinajstić information content (AvgIpc) is 2.82. The van der Waals surface area contributed by atoms with Crippen molar-refractivity contribution in [3.8, 4) is 0 Å². The van der Waals surface area contributed by atoms with Crippen molar-refractivity contribution in [2.75, 3.05) is 0 Å². The Balaban J connectivity index is 2.14. The van der Waals surface area contributed by atoms with Gasteiger partial charge in [-0.25, -0.2) is 18.1 Å². The molecule has 7 nitrogen and oxygen atoms in total. The molecular formula is C11H13N5O2S2. The first-order chi connectivity index (χ1) is 9.40. The molecule has 106 valence electrons. The molecule has 9 heteroatoms. The predicted octanol–water partition coefficient (Wildman–Crippen LogP) is -0.0722. The molecule has 0 spiro atoms. The third-order valence-electron chi connectivity index (χ3n) is 2.64. The Hall–Kier alpha value is -1.84. The Morgan fingerprint density at radius 1 is 1.45 bits per heavy atom. The van der Waals surface area contributed by atoms with Crippen molar-refractivity contribution in [1.82, 2.24) is 19.3 Å². The van der Waals surface area contributed by atoms with E-state index in [9.17, 15) is 8.42 Å². The van der Waals surface area contributed by atoms with Crippen LogP contribution in [-0.2, 0) is 23.6 Å². The Morgan fingerprint density at radius 2 is 2.20 bits per heavy atom. The first kappa shape index (κ1) is 14.6. The van der Waals surface area contributed by atoms with Gasteiger partial charge in [0.05, 0.1) is 12.2 Å². The number of hydrogen-bond donors (Lipinski definition) is 2. The molecule has 0 aliphatic carbocycles. The first-order valence-corrected chi connectivity index (χ1v) is 7.51. The van der Waals surface area contributed by atoms with Gasteiger partial charge in [0.2, 0.25) is 10.0 Å². The summed E-state index contributed by atoms with van der Waals surface area (Å²) in [6, 6.07) is 2.87. The average molecular weight is 311 g/mol. The third-order valence-corrected chi connectivity index (χ3v) is 4.24. The summed E-state index contributed by atoms with van der Waals surface area (Å²) < 4.78 is 28.3. The summed E-state index contributed by atoms with van der Waals surface area (Å²) in [6.07, 6.45) is 4.56. The SMILES string of the molecule is Cn1ccnc1CNS(=O)(=O)c1ccc(C(N)=S)nc1. The molecule has 0 aromatic carbocycles. The first-order valence-electron chi connectivity index (χ1n) is 5.62. The lowest BCUT2D eigenvalue weighted by Crippen LogP contribution is -2.25. The van der Waals surface area contributed by atoms with Crippen LogP contribution >= 0.6 is 12.2 Å². The molecule has 0 bridgehead atoms. The molecule has 0 unspecified atom stereocenters. The number of hydrogen-bond acceptors (Lipinski definition) is 5. The summed E-state index contributed by atoms with van der Waals surface area (Å²) in [5.41, 5.74) is 5.78. The lowest BCUT2D eigenvalue weighted by molar-refractivity contribution is 0.577. The van der Waals surface area contributed by atoms with E-state index in [-0.39, 0.29) is 16.4 Å². The van der Waals surface area contributed by atoms with Crippen molar-refractivity contribution >= 4 is 27.2 Å². The summed E-state index contributed by atoms with van der Waals surface area (Å²) >= 11 is 4.76. The van der Waals surface area contributed by atoms with Gasteiger partial charge in [-0.05, 0) is 12.1 Å². The van der Waals surface area contributed by atoms with Gasteiger partial charge in [0.15, 0.2) is 0 Å². The number of imidazole rings is 1. The van der Waals surface area contributed by atoms with Crippen molar-refractivity contribution in [1.29, 1.82) is 0 Å². The van der Waals surface area contributed by atoms with E-state index in [1.807, 2.05) is 0 Å². The number of sulfonamides is 1. The second-order valence-corrected chi connectivity index (χ2v) is 6.23. The van der Waals surface area contributed by atoms with Gasteiger partial charge in [-0.2, -0.15) is 0 Å². The van der Waals surface area contributed by atoms with Gasteiger partial charge in [-0.3, -0.25) is 4.98 Å². The van der Waals surface area contributed by atoms with Crippen molar-refractivity contribution < 1.29 is 8.42 Å². The number of aryl methyl sites for hydroxylation is 1. The highest BCUT2D eigenvalue weighted by Gasteiger charge is 2.15. The molecule has 0 saturated carbocycles. The number of nitrogens with zero attached hydrogens (tertiary/aromatic N) is 3. The van der Waals surface area contributed by atoms with Crippen molar-refractivity contribution in [2.45, 2.75) is 11.4 Å². The molecule has 0 saturated heterocycles. The molecule has 0 atom stereocenters. The smallest absolute Gasteiger partial charge is 0.242 e. The van der Waals surface area contributed by atoms with Crippen LogP contribution in [0.25, 0.3) is 0 Å². The molecule has 2 heterocycles. The molecule has 3 N–H and O–H groups in total. The highest BCUT2D eigenvalue weighted by molar-refractivity contribution is 7.89. The number of thiocarbonyl (C=S) groups is 1. The normalized spacial score (nSPS) is 11.4. The van der Waals surface area contributed by atoms with Gasteiger partial charge < -0.3 is 10.3 Å². The predicted molar refractivity (Wildman–Crippen MR) is 77.4 cm³/mol. The number of aromatic nitrogens is 3. The largest absolute Gasteiger partial charge is 0.388 e. The number of nitrogens with one attached hydrogen (secondary N) is 1. The maximum atomic E-state index is 12.1. The van der Waals surface area contributed by atoms with Crippen LogP contribution in [0.2, 0.25) is 0 Å². The van der Waals surface area contributed by atoms with Gasteiger partial charge in [0, 0.05) is 25.6 Å². The Bertz CT molecular complexity index is 722. The third kappa shape index (κ3) is 3.18. The van der Waals surface area contributed by atoms with Crippen LogP contribution in [0.1, 0.15) is 11.5 Å². The second-order valence-electron chi connectivity index (χ2n) is 4.02. The maximum Gasteiger partial charge on any atom is 0.242 e. The highest BCUT2D eigenvalue weighted by Crippen LogP contribution is 2.08. The second kappa shape index (κ2) is 5.65. The lowest BCUT2D eigenvalue weighted by Gasteiger charge is -2.07. The van der Waals surface area contributed by atoms with Crippen LogP contribution < -0.4 is 10.5 Å². The van der Waals surface area contributed by atoms with Crippen LogP contribution in [-0.4, -0.2) is 27.9 Å². The molecule has 0 radical (unpaired) electrons. The summed E-state index contributed by atoms with van der Waals surface area (Å²) in [5.74, 6) is 0.612. The van der Waals surface area contributed by atoms with Crippen LogP contribution in [0.15, 0.2) is 35.6 Å². The van der Waals surface area contributed by atoms with Gasteiger partial charge in [-0.15, -0.1) is 0 Å². The quantitative estimate of drug-likeness (QED) is 0.749. The number of pyridine rings is 1. The van der Waals surface area contributed by atoms with Gasteiger partial charge in [0.1, 0.15) is 15.7 Å². The zero-order valence-electron chi connectivity index (χ0n) is 10.6. The van der Waals surface area contributed by atoms with Crippen LogP contribution in [0.5, 0.6) is 0 Å². The van der Waals surface area contributed by atoms with E-state index in [0.29, 0.717) is 11.5 Å². The number of rotatable bonds is 5. The standard InChI is InChI=1S/C11H13N5O2S2/c1-16-5-4-13-10(16)7-15-20(17,18)8-2-3-9(11(12)19)14-6-8/h2-6,15H,7H2,1H3,(H2,12,19). The minimum atomic E-state index is -3.65. The molecule has 20 heavy (non-hydrogen) atoms. The Morgan fingerprint density at radius 3 is 2.70 bits per heavy atom. The van der Waals surface area contributed by atoms with E-state index in [0.717, 1.165) is 0 Å². The van der Waals surface area contributed by atoms with Gasteiger partial charge >= 0.3 is 0 Å². The fraction of sp³-hybridized carbons (Fsp3) is 0.182. The topological polar surface area (TPSA) is 103 Å². The maximum absolute atomic E-state index is 12.1. The number of nitrogens with two attached hydrogens (primary N) is 1. The molecule has 2 aromatic heterocycles. The lowest BCUT2D eigenvalue weighted by atomic mass is 10.3. The summed E-state index contributed by atoms with van der Waals surface area (Å²) in [4.78, 5) is 8.11. The van der Waals surface area contributed by atoms with E-state index >= 15 is 0 Å². The van der Waals surface area contributed by atoms with E-state index in [1.165, 1.54) is 18.3 Å².